The summed E-state index contributed by atoms with van der Waals surface area (Å²) < 4.78 is 3.47. The molecule has 2 aromatic carbocycles. The van der Waals surface area contributed by atoms with E-state index in [1.54, 1.807) is 12.4 Å². The van der Waals surface area contributed by atoms with Crippen molar-refractivity contribution in [3.63, 3.8) is 0 Å². The predicted octanol–water partition coefficient (Wildman–Crippen LogP) is 4.65. The van der Waals surface area contributed by atoms with E-state index in [0.717, 1.165) is 56.9 Å². The molecular formula is C35H40Br2ClN5O4. The van der Waals surface area contributed by atoms with Crippen LogP contribution in [0.4, 0.5) is 0 Å². The van der Waals surface area contributed by atoms with Gasteiger partial charge in [-0.2, -0.15) is 0 Å². The van der Waals surface area contributed by atoms with Crippen molar-refractivity contribution in [2.24, 2.45) is 0 Å². The summed E-state index contributed by atoms with van der Waals surface area (Å²) in [5.74, 6) is 0. The quantitative estimate of drug-likeness (QED) is 0.0948. The molecule has 47 heavy (non-hydrogen) atoms. The average Bonchev–Trinajstić information content (AvgIpc) is 3.05. The average molecular weight is 790 g/mol. The smallest absolute Gasteiger partial charge is 0.263 e. The number of benzene rings is 2. The molecule has 0 radical (unpaired) electrons. The molecule has 0 saturated carbocycles. The minimum Gasteiger partial charge on any atom is -1.00 e. The molecule has 0 fully saturated rings. The Morgan fingerprint density at radius 3 is 1.45 bits per heavy atom. The van der Waals surface area contributed by atoms with Gasteiger partial charge in [0.05, 0.1) is 38.1 Å². The van der Waals surface area contributed by atoms with Crippen LogP contribution in [0.25, 0.3) is 54.4 Å². The van der Waals surface area contributed by atoms with Gasteiger partial charge in [0.1, 0.15) is 5.52 Å². The summed E-state index contributed by atoms with van der Waals surface area (Å²) in [7, 11) is 0. The van der Waals surface area contributed by atoms with Crippen LogP contribution in [0.3, 0.4) is 0 Å². The van der Waals surface area contributed by atoms with Gasteiger partial charge in [-0.3, -0.25) is 28.3 Å². The van der Waals surface area contributed by atoms with Crippen LogP contribution in [-0.2, 0) is 13.1 Å². The van der Waals surface area contributed by atoms with Crippen molar-refractivity contribution in [3.8, 4) is 0 Å². The van der Waals surface area contributed by atoms with Gasteiger partial charge in [-0.1, -0.05) is 78.1 Å². The van der Waals surface area contributed by atoms with E-state index in [2.05, 4.69) is 60.7 Å². The molecule has 3 N–H and O–H groups in total. The number of fused-ring (bicyclic) bond motifs is 4. The van der Waals surface area contributed by atoms with Gasteiger partial charge in [0.25, 0.3) is 22.2 Å². The fourth-order valence-electron chi connectivity index (χ4n) is 6.91. The molecular weight excluding hydrogens is 750 g/mol. The fraction of sp³-hybridized carbons (Fsp3) is 0.457. The van der Waals surface area contributed by atoms with Crippen LogP contribution in [0, 0.1) is 0 Å². The van der Waals surface area contributed by atoms with Gasteiger partial charge in [-0.25, -0.2) is 4.98 Å². The predicted molar refractivity (Wildman–Crippen MR) is 194 cm³/mol. The number of rotatable bonds is 14. The Balaban J connectivity index is 0.00000433. The molecule has 0 bridgehead atoms. The molecule has 0 spiro atoms. The van der Waals surface area contributed by atoms with Crippen molar-refractivity contribution >= 4 is 86.2 Å². The Bertz CT molecular complexity index is 2160. The Labute approximate surface area is 294 Å². The highest BCUT2D eigenvalue weighted by molar-refractivity contribution is 9.13. The molecule has 9 nitrogen and oxygen atoms in total. The van der Waals surface area contributed by atoms with E-state index in [-0.39, 0.29) is 41.7 Å². The number of pyridine rings is 3. The largest absolute Gasteiger partial charge is 1.00 e. The summed E-state index contributed by atoms with van der Waals surface area (Å²) in [6.45, 7) is 4.91. The Kier molecular flexibility index (Phi) is 11.3. The number of hydrogen-bond acceptors (Lipinski definition) is 4. The zero-order valence-electron chi connectivity index (χ0n) is 26.8. The van der Waals surface area contributed by atoms with Gasteiger partial charge in [0.15, 0.2) is 12.4 Å². The first-order valence-electron chi connectivity index (χ1n) is 16.6. The lowest BCUT2D eigenvalue weighted by atomic mass is 9.94. The second-order valence-electron chi connectivity index (χ2n) is 12.4. The highest BCUT2D eigenvalue weighted by Crippen LogP contribution is 2.42. The number of halogens is 3. The zero-order chi connectivity index (χ0) is 32.5. The van der Waals surface area contributed by atoms with Crippen molar-refractivity contribution in [1.82, 2.24) is 19.1 Å². The number of nitrogens with one attached hydrogen (secondary N) is 3. The lowest BCUT2D eigenvalue weighted by Gasteiger charge is -2.19. The molecule has 0 saturated heterocycles. The Morgan fingerprint density at radius 1 is 0.574 bits per heavy atom. The molecule has 12 heteroatoms. The van der Waals surface area contributed by atoms with E-state index in [4.69, 9.17) is 0 Å². The van der Waals surface area contributed by atoms with Gasteiger partial charge in [-0.05, 0) is 44.7 Å². The monoisotopic (exact) mass is 787 g/mol. The summed E-state index contributed by atoms with van der Waals surface area (Å²) in [4.78, 5) is 67.0. The van der Waals surface area contributed by atoms with Crippen molar-refractivity contribution in [3.05, 3.63) is 68.8 Å². The molecule has 0 aliphatic rings. The van der Waals surface area contributed by atoms with E-state index < -0.39 is 22.2 Å². The first kappa shape index (κ1) is 35.3. The summed E-state index contributed by atoms with van der Waals surface area (Å²) >= 11 is 7.28. The molecule has 4 heterocycles. The second-order valence-corrected chi connectivity index (χ2v) is 14.0. The second kappa shape index (κ2) is 15.0. The third-order valence-corrected chi connectivity index (χ3v) is 11.4. The maximum absolute atomic E-state index is 14.4. The van der Waals surface area contributed by atoms with E-state index in [0.29, 0.717) is 54.5 Å². The normalized spacial score (nSPS) is 11.9. The maximum Gasteiger partial charge on any atom is 0.263 e. The summed E-state index contributed by atoms with van der Waals surface area (Å²) in [5.41, 5.74) is 0.588. The summed E-state index contributed by atoms with van der Waals surface area (Å²) in [6.07, 6.45) is 15.8. The molecule has 6 aromatic rings. The van der Waals surface area contributed by atoms with Crippen LogP contribution in [0.15, 0.2) is 46.6 Å². The number of aromatic nitrogens is 5. The first-order chi connectivity index (χ1) is 22.3. The topological polar surface area (TPSA) is 124 Å². The van der Waals surface area contributed by atoms with Gasteiger partial charge >= 0.3 is 0 Å². The minimum atomic E-state index is -0.430. The molecule has 250 valence electrons. The van der Waals surface area contributed by atoms with E-state index in [1.807, 2.05) is 6.07 Å². The third-order valence-electron chi connectivity index (χ3n) is 9.32. The molecule has 0 aliphatic heterocycles. The lowest BCUT2D eigenvalue weighted by molar-refractivity contribution is -0.376. The van der Waals surface area contributed by atoms with E-state index in [1.165, 1.54) is 22.0 Å². The van der Waals surface area contributed by atoms with E-state index in [9.17, 15) is 19.2 Å². The number of nitrogens with zero attached hydrogens (tertiary/aromatic N) is 2. The van der Waals surface area contributed by atoms with Gasteiger partial charge in [-0.15, -0.1) is 0 Å². The molecule has 4 aromatic heterocycles. The maximum atomic E-state index is 14.4. The summed E-state index contributed by atoms with van der Waals surface area (Å²) in [6, 6.07) is 1.85. The third kappa shape index (κ3) is 6.19. The molecule has 0 atom stereocenters. The number of hydrogen-bond donors (Lipinski definition) is 2. The van der Waals surface area contributed by atoms with Crippen LogP contribution in [-0.4, -0.2) is 19.1 Å². The molecule has 0 amide bonds. The number of H-pyrrole nitrogens is 3. The molecule has 0 aliphatic carbocycles. The Morgan fingerprint density at radius 2 is 0.979 bits per heavy atom. The zero-order valence-corrected chi connectivity index (χ0v) is 30.7. The van der Waals surface area contributed by atoms with Crippen LogP contribution in [0.2, 0.25) is 0 Å². The van der Waals surface area contributed by atoms with Crippen molar-refractivity contribution in [2.45, 2.75) is 104 Å². The van der Waals surface area contributed by atoms with Crippen molar-refractivity contribution < 1.29 is 17.4 Å². The van der Waals surface area contributed by atoms with Crippen LogP contribution in [0.5, 0.6) is 0 Å². The molecule has 6 rings (SSSR count). The van der Waals surface area contributed by atoms with E-state index >= 15 is 0 Å². The van der Waals surface area contributed by atoms with Crippen LogP contribution >= 0.6 is 31.9 Å². The highest BCUT2D eigenvalue weighted by Gasteiger charge is 2.29. The SMILES string of the molecule is CCCCCCCCn1c(=O)c2c(Br)c(Br)c3c(=O)n(CCCCCCCC)c(=O)c4c5[nH]c6c[nH+]ccc6[nH]c5c(c1=O)c2c34.[Cl-]. The molecule has 0 unspecified atom stereocenters. The minimum absolute atomic E-state index is 0. The summed E-state index contributed by atoms with van der Waals surface area (Å²) in [5, 5.41) is 1.83. The van der Waals surface area contributed by atoms with Crippen LogP contribution < -0.4 is 39.6 Å². The fourth-order valence-corrected chi connectivity index (χ4v) is 8.04. The van der Waals surface area contributed by atoms with Crippen LogP contribution in [0.1, 0.15) is 90.9 Å². The van der Waals surface area contributed by atoms with Gasteiger partial charge in [0, 0.05) is 38.9 Å². The highest BCUT2D eigenvalue weighted by atomic mass is 79.9. The lowest BCUT2D eigenvalue weighted by Crippen LogP contribution is -3.00. The van der Waals surface area contributed by atoms with Gasteiger partial charge < -0.3 is 22.4 Å². The van der Waals surface area contributed by atoms with Crippen molar-refractivity contribution in [2.75, 3.05) is 0 Å². The Hall–Kier alpha value is -3.02. The number of aromatic amines is 3. The first-order valence-corrected chi connectivity index (χ1v) is 18.2. The number of unbranched alkanes of at least 4 members (excludes halogenated alkanes) is 10. The van der Waals surface area contributed by atoms with Crippen molar-refractivity contribution in [1.29, 1.82) is 0 Å². The van der Waals surface area contributed by atoms with Gasteiger partial charge in [0.2, 0.25) is 0 Å². The standard InChI is InChI=1S/C35H39Br2N5O4.ClH/c1-3-5-7-9-11-13-17-41-32(43)24-22-23-25(29(37)28(24)36)33(44)42(18-14-12-10-8-6-4-2)35(46)27(23)31-30(26(22)34(41)45)39-20-15-16-38-19-21(20)40-31;/h15-16,19,39-40H,3-14,17-18H2,1-2H3;1H.